The monoisotopic (exact) mass is 298 g/mol. The maximum absolute atomic E-state index is 5.29. The van der Waals surface area contributed by atoms with Crippen molar-refractivity contribution in [2.45, 2.75) is 44.9 Å². The molecule has 0 saturated heterocycles. The summed E-state index contributed by atoms with van der Waals surface area (Å²) >= 11 is 1.83. The molecule has 0 unspecified atom stereocenters. The van der Waals surface area contributed by atoms with Gasteiger partial charge in [-0.2, -0.15) is 11.8 Å². The molecule has 2 N–H and O–H groups in total. The zero-order valence-corrected chi connectivity index (χ0v) is 14.1. The van der Waals surface area contributed by atoms with Gasteiger partial charge in [0, 0.05) is 24.4 Å². The van der Waals surface area contributed by atoms with E-state index in [9.17, 15) is 0 Å². The Hall–Kier alpha value is -1.17. The molecule has 0 aliphatic carbocycles. The number of hydrogen-bond acceptors (Lipinski definition) is 4. The highest BCUT2D eigenvalue weighted by Crippen LogP contribution is 2.19. The fraction of sp³-hybridized carbons (Fsp3) is 0.714. The van der Waals surface area contributed by atoms with Crippen LogP contribution in [-0.4, -0.2) is 35.7 Å². The molecule has 114 valence electrons. The van der Waals surface area contributed by atoms with Crippen LogP contribution in [0.25, 0.3) is 0 Å². The van der Waals surface area contributed by atoms with Crippen LogP contribution in [-0.2, 0) is 6.54 Å². The SMILES string of the molecule is CN=C(NCc1cc(C(C)C)no1)NCC(C)(C)SC. The fourth-order valence-corrected chi connectivity index (χ4v) is 1.66. The summed E-state index contributed by atoms with van der Waals surface area (Å²) in [4.78, 5) is 4.21. The Kier molecular flexibility index (Phi) is 6.39. The molecule has 6 heteroatoms. The van der Waals surface area contributed by atoms with Gasteiger partial charge >= 0.3 is 0 Å². The molecular formula is C14H26N4OS. The van der Waals surface area contributed by atoms with Gasteiger partial charge in [-0.15, -0.1) is 0 Å². The highest BCUT2D eigenvalue weighted by Gasteiger charge is 2.16. The van der Waals surface area contributed by atoms with E-state index in [1.807, 2.05) is 17.8 Å². The average molecular weight is 298 g/mol. The molecule has 1 rings (SSSR count). The Morgan fingerprint density at radius 3 is 2.65 bits per heavy atom. The van der Waals surface area contributed by atoms with Crippen LogP contribution in [0.2, 0.25) is 0 Å². The van der Waals surface area contributed by atoms with Crippen molar-refractivity contribution in [2.24, 2.45) is 4.99 Å². The summed E-state index contributed by atoms with van der Waals surface area (Å²) in [6, 6.07) is 1.98. The molecule has 0 spiro atoms. The number of guanidine groups is 1. The van der Waals surface area contributed by atoms with Crippen molar-refractivity contribution in [1.82, 2.24) is 15.8 Å². The van der Waals surface area contributed by atoms with Crippen LogP contribution in [0.3, 0.4) is 0 Å². The molecule has 0 bridgehead atoms. The van der Waals surface area contributed by atoms with Gasteiger partial charge in [-0.3, -0.25) is 4.99 Å². The van der Waals surface area contributed by atoms with Gasteiger partial charge in [0.1, 0.15) is 0 Å². The summed E-state index contributed by atoms with van der Waals surface area (Å²) in [5.41, 5.74) is 0.980. The fourth-order valence-electron chi connectivity index (χ4n) is 1.44. The summed E-state index contributed by atoms with van der Waals surface area (Å²) < 4.78 is 5.46. The van der Waals surface area contributed by atoms with Crippen molar-refractivity contribution in [3.05, 3.63) is 17.5 Å². The van der Waals surface area contributed by atoms with Gasteiger partial charge in [0.2, 0.25) is 0 Å². The normalized spacial score (nSPS) is 12.8. The first-order valence-electron chi connectivity index (χ1n) is 6.83. The first kappa shape index (κ1) is 16.9. The third kappa shape index (κ3) is 5.45. The molecule has 0 radical (unpaired) electrons. The van der Waals surface area contributed by atoms with E-state index in [1.54, 1.807) is 7.05 Å². The van der Waals surface area contributed by atoms with Gasteiger partial charge in [0.15, 0.2) is 11.7 Å². The maximum Gasteiger partial charge on any atom is 0.191 e. The first-order valence-corrected chi connectivity index (χ1v) is 8.05. The van der Waals surface area contributed by atoms with E-state index >= 15 is 0 Å². The van der Waals surface area contributed by atoms with E-state index in [2.05, 4.69) is 54.7 Å². The first-order chi connectivity index (χ1) is 9.38. The lowest BCUT2D eigenvalue weighted by atomic mass is 10.1. The van der Waals surface area contributed by atoms with Crippen LogP contribution >= 0.6 is 11.8 Å². The molecule has 5 nitrogen and oxygen atoms in total. The number of nitrogens with zero attached hydrogens (tertiary/aromatic N) is 2. The molecule has 0 fully saturated rings. The van der Waals surface area contributed by atoms with Gasteiger partial charge in [-0.1, -0.05) is 19.0 Å². The molecular weight excluding hydrogens is 272 g/mol. The van der Waals surface area contributed by atoms with Crippen LogP contribution in [0.15, 0.2) is 15.6 Å². The van der Waals surface area contributed by atoms with Crippen LogP contribution in [0, 0.1) is 0 Å². The molecule has 0 aromatic carbocycles. The summed E-state index contributed by atoms with van der Waals surface area (Å²) in [6.45, 7) is 10.0. The molecule has 20 heavy (non-hydrogen) atoms. The van der Waals surface area contributed by atoms with E-state index in [-0.39, 0.29) is 4.75 Å². The summed E-state index contributed by atoms with van der Waals surface area (Å²) in [5, 5.41) is 10.6. The van der Waals surface area contributed by atoms with E-state index in [4.69, 9.17) is 4.52 Å². The van der Waals surface area contributed by atoms with Crippen molar-refractivity contribution in [1.29, 1.82) is 0 Å². The zero-order valence-electron chi connectivity index (χ0n) is 13.3. The average Bonchev–Trinajstić information content (AvgIpc) is 2.88. The summed E-state index contributed by atoms with van der Waals surface area (Å²) in [5.74, 6) is 1.97. The number of aliphatic imine (C=N–C) groups is 1. The van der Waals surface area contributed by atoms with Crippen LogP contribution in [0.5, 0.6) is 0 Å². The van der Waals surface area contributed by atoms with Gasteiger partial charge < -0.3 is 15.2 Å². The lowest BCUT2D eigenvalue weighted by Crippen LogP contribution is -2.42. The minimum absolute atomic E-state index is 0.175. The largest absolute Gasteiger partial charge is 0.359 e. The van der Waals surface area contributed by atoms with Crippen molar-refractivity contribution in [3.8, 4) is 0 Å². The van der Waals surface area contributed by atoms with Crippen molar-refractivity contribution in [3.63, 3.8) is 0 Å². The van der Waals surface area contributed by atoms with Crippen molar-refractivity contribution in [2.75, 3.05) is 19.8 Å². The standard InChI is InChI=1S/C14H26N4OS/c1-10(2)12-7-11(19-18-12)8-16-13(15-5)17-9-14(3,4)20-6/h7,10H,8-9H2,1-6H3,(H2,15,16,17). The number of aromatic nitrogens is 1. The Bertz CT molecular complexity index is 440. The Labute approximate surface area is 126 Å². The lowest BCUT2D eigenvalue weighted by Gasteiger charge is -2.23. The molecule has 1 heterocycles. The molecule has 0 aliphatic heterocycles. The predicted octanol–water partition coefficient (Wildman–Crippen LogP) is 2.60. The Balaban J connectivity index is 2.45. The van der Waals surface area contributed by atoms with Crippen LogP contribution < -0.4 is 10.6 Å². The molecule has 0 saturated carbocycles. The molecule has 1 aromatic heterocycles. The van der Waals surface area contributed by atoms with Crippen LogP contribution in [0.4, 0.5) is 0 Å². The van der Waals surface area contributed by atoms with Gasteiger partial charge in [0.25, 0.3) is 0 Å². The third-order valence-corrected chi connectivity index (χ3v) is 4.31. The zero-order chi connectivity index (χ0) is 15.2. The van der Waals surface area contributed by atoms with E-state index in [1.165, 1.54) is 0 Å². The number of hydrogen-bond donors (Lipinski definition) is 2. The van der Waals surface area contributed by atoms with Crippen molar-refractivity contribution >= 4 is 17.7 Å². The second-order valence-corrected chi connectivity index (χ2v) is 7.13. The third-order valence-electron chi connectivity index (χ3n) is 3.06. The van der Waals surface area contributed by atoms with Crippen molar-refractivity contribution < 1.29 is 4.52 Å². The van der Waals surface area contributed by atoms with E-state index in [0.717, 1.165) is 24.0 Å². The lowest BCUT2D eigenvalue weighted by molar-refractivity contribution is 0.372. The highest BCUT2D eigenvalue weighted by atomic mass is 32.2. The Morgan fingerprint density at radius 2 is 2.15 bits per heavy atom. The summed E-state index contributed by atoms with van der Waals surface area (Å²) in [6.07, 6.45) is 2.11. The Morgan fingerprint density at radius 1 is 1.45 bits per heavy atom. The van der Waals surface area contributed by atoms with Gasteiger partial charge in [-0.25, -0.2) is 0 Å². The molecule has 1 aromatic rings. The molecule has 0 amide bonds. The predicted molar refractivity (Wildman–Crippen MR) is 86.4 cm³/mol. The number of nitrogens with one attached hydrogen (secondary N) is 2. The molecule has 0 atom stereocenters. The smallest absolute Gasteiger partial charge is 0.191 e. The second-order valence-electron chi connectivity index (χ2n) is 5.62. The van der Waals surface area contributed by atoms with Gasteiger partial charge in [-0.05, 0) is 26.0 Å². The number of thioether (sulfide) groups is 1. The maximum atomic E-state index is 5.29. The topological polar surface area (TPSA) is 62.5 Å². The van der Waals surface area contributed by atoms with E-state index < -0.39 is 0 Å². The highest BCUT2D eigenvalue weighted by molar-refractivity contribution is 7.99. The number of rotatable bonds is 6. The second kappa shape index (κ2) is 7.57. The minimum Gasteiger partial charge on any atom is -0.359 e. The van der Waals surface area contributed by atoms with Gasteiger partial charge in [0.05, 0.1) is 12.2 Å². The van der Waals surface area contributed by atoms with Crippen LogP contribution in [0.1, 0.15) is 45.1 Å². The molecule has 0 aliphatic rings. The van der Waals surface area contributed by atoms with E-state index in [0.29, 0.717) is 12.5 Å². The quantitative estimate of drug-likeness (QED) is 0.624. The minimum atomic E-state index is 0.175. The summed E-state index contributed by atoms with van der Waals surface area (Å²) in [7, 11) is 1.77.